The highest BCUT2D eigenvalue weighted by Crippen LogP contribution is 2.75. The molecular weight excluding hydrogens is 776 g/mol. The Hall–Kier alpha value is -1.98. The van der Waals surface area contributed by atoms with E-state index < -0.39 is 78.8 Å². The van der Waals surface area contributed by atoms with Crippen LogP contribution in [0, 0.1) is 45.3 Å². The second-order valence-electron chi connectivity index (χ2n) is 20.5. The lowest BCUT2D eigenvalue weighted by Crippen LogP contribution is -2.63. The fourth-order valence-corrected chi connectivity index (χ4v) is 13.1. The van der Waals surface area contributed by atoms with Gasteiger partial charge in [-0.1, -0.05) is 64.8 Å². The average Bonchev–Trinajstić information content (AvgIpc) is 3.40. The molecule has 0 aromatic heterocycles. The van der Waals surface area contributed by atoms with Gasteiger partial charge in [0.05, 0.1) is 24.9 Å². The van der Waals surface area contributed by atoms with Crippen LogP contribution >= 0.6 is 0 Å². The van der Waals surface area contributed by atoms with Crippen molar-refractivity contribution in [2.75, 3.05) is 20.3 Å². The third kappa shape index (κ3) is 8.41. The molecule has 0 aromatic rings. The fraction of sp³-hybridized carbons (Fsp3) is 0.870. The van der Waals surface area contributed by atoms with Crippen molar-refractivity contribution < 1.29 is 68.3 Å². The van der Waals surface area contributed by atoms with Gasteiger partial charge in [0.25, 0.3) is 0 Å². The SMILES string of the molecule is CO[C@H]1C=C2[C@@H](CC[C@H](O[C@H]3OC[C@@H](O)[C@@H](O)[C@H]3O)C2(C)C)[C@]2(C)CC[C@@]3(C)[C@@H]([C@H](C)CCC=C(C)C)[C@@H](OC4O[C@@H](COC(C)=O)[C@@H](OC(C)=O)[C@@H](O)[C@H]4O)C[C@@]3(C)[C@H]12. The van der Waals surface area contributed by atoms with Crippen LogP contribution in [-0.4, -0.2) is 131 Å². The van der Waals surface area contributed by atoms with Crippen LogP contribution in [-0.2, 0) is 42.7 Å². The number of methoxy groups -OCH3 is 1. The molecule has 19 atom stereocenters. The van der Waals surface area contributed by atoms with E-state index in [9.17, 15) is 35.1 Å². The van der Waals surface area contributed by atoms with Gasteiger partial charge in [-0.15, -0.1) is 0 Å². The molecule has 2 heterocycles. The number of carbonyl (C=O) groups is 2. The predicted molar refractivity (Wildman–Crippen MR) is 219 cm³/mol. The molecule has 5 fully saturated rings. The van der Waals surface area contributed by atoms with Gasteiger partial charge in [0, 0.05) is 32.3 Å². The Labute approximate surface area is 356 Å². The summed E-state index contributed by atoms with van der Waals surface area (Å²) in [5.41, 5.74) is 1.30. The van der Waals surface area contributed by atoms with Crippen molar-refractivity contribution in [2.45, 2.75) is 188 Å². The maximum absolute atomic E-state index is 12.1. The number of esters is 2. The third-order valence-corrected chi connectivity index (χ3v) is 16.3. The van der Waals surface area contributed by atoms with Gasteiger partial charge >= 0.3 is 11.9 Å². The first kappa shape index (κ1) is 47.5. The standard InChI is InChI=1S/C46H74O14/c1-23(2)13-12-14-24(3)34-31(58-42-38(53)36(51)39(57-26(5)48)32(59-42)22-55-25(4)47)20-46(10)40-30(54-11)19-28-27(44(40,8)17-18-45(34,46)9)15-16-33(43(28,6)7)60-41-37(52)35(50)29(49)21-56-41/h13,19,24,27,29-42,49-53H,12,14-18,20-22H2,1-11H3/t24-,27-,29-,30+,31+,32+,33+,34+,35-,36+,37-,38-,39-,40-,41-,42?,44+,45+,46+/m1/s1. The number of allylic oxidation sites excluding steroid dienone is 2. The molecule has 3 saturated carbocycles. The zero-order chi connectivity index (χ0) is 44.3. The van der Waals surface area contributed by atoms with Crippen LogP contribution in [0.2, 0.25) is 0 Å². The van der Waals surface area contributed by atoms with Gasteiger partial charge in [-0.25, -0.2) is 0 Å². The molecular formula is C46H74O14. The predicted octanol–water partition coefficient (Wildman–Crippen LogP) is 4.36. The van der Waals surface area contributed by atoms with Crippen molar-refractivity contribution >= 4 is 11.9 Å². The van der Waals surface area contributed by atoms with Crippen LogP contribution in [0.15, 0.2) is 23.3 Å². The minimum Gasteiger partial charge on any atom is -0.463 e. The maximum atomic E-state index is 12.1. The van der Waals surface area contributed by atoms with Gasteiger partial charge in [-0.3, -0.25) is 9.59 Å². The number of rotatable bonds is 12. The molecule has 60 heavy (non-hydrogen) atoms. The molecule has 6 rings (SSSR count). The molecule has 14 nitrogen and oxygen atoms in total. The maximum Gasteiger partial charge on any atom is 0.303 e. The zero-order valence-corrected chi connectivity index (χ0v) is 37.7. The van der Waals surface area contributed by atoms with Crippen LogP contribution in [0.3, 0.4) is 0 Å². The summed E-state index contributed by atoms with van der Waals surface area (Å²) in [6.07, 6.45) is -2.17. The number of hydrogen-bond donors (Lipinski definition) is 5. The first-order valence-corrected chi connectivity index (χ1v) is 22.2. The first-order valence-electron chi connectivity index (χ1n) is 22.2. The van der Waals surface area contributed by atoms with Gasteiger partial charge < -0.3 is 58.7 Å². The number of aliphatic hydroxyl groups is 5. The van der Waals surface area contributed by atoms with Crippen molar-refractivity contribution in [2.24, 2.45) is 45.3 Å². The molecule has 4 aliphatic carbocycles. The van der Waals surface area contributed by atoms with Gasteiger partial charge in [-0.05, 0) is 92.8 Å². The number of fused-ring (bicyclic) bond motifs is 5. The number of ether oxygens (including phenoxy) is 7. The molecule has 0 aromatic carbocycles. The summed E-state index contributed by atoms with van der Waals surface area (Å²) in [6, 6.07) is 0. The van der Waals surface area contributed by atoms with E-state index in [1.807, 2.05) is 0 Å². The summed E-state index contributed by atoms with van der Waals surface area (Å²) in [4.78, 5) is 23.9. The fourth-order valence-electron chi connectivity index (χ4n) is 13.1. The first-order chi connectivity index (χ1) is 28.0. The van der Waals surface area contributed by atoms with Crippen LogP contribution < -0.4 is 0 Å². The minimum absolute atomic E-state index is 0.0305. The van der Waals surface area contributed by atoms with Crippen LogP contribution in [0.1, 0.15) is 114 Å². The van der Waals surface area contributed by atoms with Crippen molar-refractivity contribution in [3.8, 4) is 0 Å². The number of carbonyl (C=O) groups excluding carboxylic acids is 2. The third-order valence-electron chi connectivity index (χ3n) is 16.3. The van der Waals surface area contributed by atoms with E-state index in [4.69, 9.17) is 33.2 Å². The topological polar surface area (TPSA) is 200 Å². The van der Waals surface area contributed by atoms with Crippen molar-refractivity contribution in [1.29, 1.82) is 0 Å². The minimum atomic E-state index is -1.55. The zero-order valence-electron chi connectivity index (χ0n) is 37.7. The van der Waals surface area contributed by atoms with E-state index in [0.29, 0.717) is 12.8 Å². The highest BCUT2D eigenvalue weighted by Gasteiger charge is 2.72. The molecule has 14 heteroatoms. The lowest BCUT2D eigenvalue weighted by atomic mass is 9.38. The number of aliphatic hydroxyl groups excluding tert-OH is 5. The van der Waals surface area contributed by atoms with E-state index in [2.05, 4.69) is 67.5 Å². The van der Waals surface area contributed by atoms with Gasteiger partial charge in [0.2, 0.25) is 0 Å². The summed E-state index contributed by atoms with van der Waals surface area (Å²) in [5.74, 6) is -0.714. The van der Waals surface area contributed by atoms with Crippen LogP contribution in [0.25, 0.3) is 0 Å². The lowest BCUT2D eigenvalue weighted by Gasteiger charge is -2.67. The monoisotopic (exact) mass is 851 g/mol. The van der Waals surface area contributed by atoms with Crippen LogP contribution in [0.4, 0.5) is 0 Å². The van der Waals surface area contributed by atoms with E-state index in [0.717, 1.165) is 32.1 Å². The Morgan fingerprint density at radius 2 is 1.57 bits per heavy atom. The Balaban J connectivity index is 1.34. The number of hydrogen-bond acceptors (Lipinski definition) is 14. The molecule has 342 valence electrons. The molecule has 6 aliphatic rings. The summed E-state index contributed by atoms with van der Waals surface area (Å²) in [7, 11) is 1.78. The second-order valence-corrected chi connectivity index (χ2v) is 20.5. The van der Waals surface area contributed by atoms with E-state index in [1.54, 1.807) is 7.11 Å². The van der Waals surface area contributed by atoms with Crippen LogP contribution in [0.5, 0.6) is 0 Å². The largest absolute Gasteiger partial charge is 0.463 e. The quantitative estimate of drug-likeness (QED) is 0.137. The molecule has 0 amide bonds. The Morgan fingerprint density at radius 1 is 0.883 bits per heavy atom. The summed E-state index contributed by atoms with van der Waals surface area (Å²) >= 11 is 0. The normalized spacial score (nSPS) is 46.5. The van der Waals surface area contributed by atoms with E-state index in [-0.39, 0.29) is 65.3 Å². The van der Waals surface area contributed by atoms with Gasteiger partial charge in [-0.2, -0.15) is 0 Å². The second kappa shape index (κ2) is 17.9. The van der Waals surface area contributed by atoms with Gasteiger partial charge in [0.15, 0.2) is 18.7 Å². The molecule has 2 aliphatic heterocycles. The summed E-state index contributed by atoms with van der Waals surface area (Å²) in [6.45, 7) is 20.1. The molecule has 2 saturated heterocycles. The molecule has 5 N–H and O–H groups in total. The average molecular weight is 851 g/mol. The molecule has 0 spiro atoms. The van der Waals surface area contributed by atoms with Crippen molar-refractivity contribution in [3.63, 3.8) is 0 Å². The highest BCUT2D eigenvalue weighted by molar-refractivity contribution is 5.66. The lowest BCUT2D eigenvalue weighted by molar-refractivity contribution is -0.317. The molecule has 1 unspecified atom stereocenters. The summed E-state index contributed by atoms with van der Waals surface area (Å²) < 4.78 is 42.7. The Bertz CT molecular complexity index is 1610. The Morgan fingerprint density at radius 3 is 2.20 bits per heavy atom. The van der Waals surface area contributed by atoms with Crippen molar-refractivity contribution in [1.82, 2.24) is 0 Å². The van der Waals surface area contributed by atoms with E-state index in [1.165, 1.54) is 25.0 Å². The Kier molecular flexibility index (Phi) is 14.2. The van der Waals surface area contributed by atoms with Gasteiger partial charge in [0.1, 0.15) is 43.2 Å². The highest BCUT2D eigenvalue weighted by atomic mass is 16.7. The molecule has 0 radical (unpaired) electrons. The van der Waals surface area contributed by atoms with Crippen molar-refractivity contribution in [3.05, 3.63) is 23.3 Å². The van der Waals surface area contributed by atoms with E-state index >= 15 is 0 Å². The molecule has 0 bridgehead atoms. The smallest absolute Gasteiger partial charge is 0.303 e. The summed E-state index contributed by atoms with van der Waals surface area (Å²) in [5, 5.41) is 54.1.